The lowest BCUT2D eigenvalue weighted by Crippen LogP contribution is -2.60. The minimum Gasteiger partial charge on any atom is -0.497 e. The lowest BCUT2D eigenvalue weighted by atomic mass is 9.67. The Kier molecular flexibility index (Phi) is 13.3. The zero-order valence-corrected chi connectivity index (χ0v) is 42.5. The number of amides is 3. The number of hydrogen-bond acceptors (Lipinski definition) is 9. The van der Waals surface area contributed by atoms with E-state index in [1.165, 1.54) is 29.6 Å². The van der Waals surface area contributed by atoms with Gasteiger partial charge in [-0.05, 0) is 144 Å². The number of benzene rings is 3. The fourth-order valence-electron chi connectivity index (χ4n) is 13.0. The number of aromatic nitrogens is 2. The molecule has 10 rings (SSSR count). The molecule has 1 aliphatic carbocycles. The molecule has 3 saturated heterocycles. The molecule has 72 heavy (non-hydrogen) atoms. The van der Waals surface area contributed by atoms with Gasteiger partial charge in [0.1, 0.15) is 11.8 Å². The van der Waals surface area contributed by atoms with Gasteiger partial charge in [0.25, 0.3) is 5.91 Å². The molecular weight excluding hydrogens is 924 g/mol. The van der Waals surface area contributed by atoms with Gasteiger partial charge in [-0.25, -0.2) is 4.79 Å². The van der Waals surface area contributed by atoms with Gasteiger partial charge in [0.2, 0.25) is 11.8 Å². The maximum absolute atomic E-state index is 14.4. The Morgan fingerprint density at radius 1 is 0.889 bits per heavy atom. The van der Waals surface area contributed by atoms with E-state index in [9.17, 15) is 32.3 Å². The molecular formula is C56H70F3N7O6. The Morgan fingerprint density at radius 2 is 1.64 bits per heavy atom. The zero-order valence-electron chi connectivity index (χ0n) is 42.5. The van der Waals surface area contributed by atoms with Crippen molar-refractivity contribution in [2.45, 2.75) is 134 Å². The van der Waals surface area contributed by atoms with Gasteiger partial charge in [0.15, 0.2) is 0 Å². The van der Waals surface area contributed by atoms with Gasteiger partial charge >= 0.3 is 11.9 Å². The van der Waals surface area contributed by atoms with E-state index in [1.807, 2.05) is 17.0 Å². The molecule has 6 heterocycles. The van der Waals surface area contributed by atoms with Crippen LogP contribution in [0.15, 0.2) is 71.5 Å². The number of methoxy groups -OCH3 is 1. The Hall–Kier alpha value is -5.45. The molecule has 13 nitrogen and oxygen atoms in total. The van der Waals surface area contributed by atoms with Crippen LogP contribution in [0.25, 0.3) is 16.6 Å². The van der Waals surface area contributed by atoms with Gasteiger partial charge in [0, 0.05) is 70.8 Å². The van der Waals surface area contributed by atoms with Crippen LogP contribution in [0.2, 0.25) is 0 Å². The van der Waals surface area contributed by atoms with Crippen molar-refractivity contribution in [2.75, 3.05) is 64.4 Å². The van der Waals surface area contributed by atoms with E-state index in [0.29, 0.717) is 68.3 Å². The minimum atomic E-state index is -4.35. The summed E-state index contributed by atoms with van der Waals surface area (Å²) >= 11 is 0. The van der Waals surface area contributed by atoms with Crippen molar-refractivity contribution in [1.29, 1.82) is 0 Å². The van der Waals surface area contributed by atoms with Gasteiger partial charge in [-0.15, -0.1) is 0 Å². The van der Waals surface area contributed by atoms with E-state index < -0.39 is 29.1 Å². The molecule has 3 amide bonds. The first-order valence-electron chi connectivity index (χ1n) is 26.0. The predicted octanol–water partition coefficient (Wildman–Crippen LogP) is 8.38. The van der Waals surface area contributed by atoms with E-state index in [1.54, 1.807) is 23.8 Å². The van der Waals surface area contributed by atoms with Crippen LogP contribution in [0, 0.1) is 11.3 Å². The maximum atomic E-state index is 14.4. The van der Waals surface area contributed by atoms with Gasteiger partial charge in [-0.2, -0.15) is 13.2 Å². The minimum absolute atomic E-state index is 0.110. The number of halogens is 3. The van der Waals surface area contributed by atoms with Crippen LogP contribution in [0.5, 0.6) is 5.75 Å². The third-order valence-electron chi connectivity index (χ3n) is 17.1. The molecule has 2 N–H and O–H groups in total. The lowest BCUT2D eigenvalue weighted by molar-refractivity contribution is -0.217. The summed E-state index contributed by atoms with van der Waals surface area (Å²) in [6.07, 6.45) is 5.29. The fourth-order valence-corrected chi connectivity index (χ4v) is 13.0. The van der Waals surface area contributed by atoms with Gasteiger partial charge in [-0.1, -0.05) is 42.5 Å². The third-order valence-corrected chi connectivity index (χ3v) is 17.1. The van der Waals surface area contributed by atoms with Crippen molar-refractivity contribution in [1.82, 2.24) is 29.6 Å². The summed E-state index contributed by atoms with van der Waals surface area (Å²) in [4.78, 5) is 59.5. The molecule has 1 unspecified atom stereocenters. The zero-order chi connectivity index (χ0) is 50.8. The van der Waals surface area contributed by atoms with E-state index >= 15 is 0 Å². The number of ether oxygens (including phenoxy) is 2. The molecule has 0 saturated carbocycles. The average Bonchev–Trinajstić information content (AvgIpc) is 3.56. The van der Waals surface area contributed by atoms with E-state index in [4.69, 9.17) is 9.47 Å². The largest absolute Gasteiger partial charge is 0.497 e. The molecule has 386 valence electrons. The summed E-state index contributed by atoms with van der Waals surface area (Å²) in [5, 5.41) is 5.83. The number of imide groups is 1. The summed E-state index contributed by atoms with van der Waals surface area (Å²) in [6, 6.07) is 19.4. The highest BCUT2D eigenvalue weighted by atomic mass is 19.4. The molecule has 3 fully saturated rings. The number of nitrogens with one attached hydrogen (secondary N) is 2. The average molecular weight is 994 g/mol. The maximum Gasteiger partial charge on any atom is 0.395 e. The van der Waals surface area contributed by atoms with Gasteiger partial charge in [-0.3, -0.25) is 33.7 Å². The van der Waals surface area contributed by atoms with Crippen molar-refractivity contribution < 1.29 is 37.0 Å². The summed E-state index contributed by atoms with van der Waals surface area (Å²) in [5.74, 6) is 0.315. The number of allylic oxidation sites excluding steroid dienone is 2. The Balaban J connectivity index is 0.766. The number of nitrogens with zero attached hydrogens (tertiary/aromatic N) is 5. The van der Waals surface area contributed by atoms with Gasteiger partial charge < -0.3 is 24.6 Å². The summed E-state index contributed by atoms with van der Waals surface area (Å²) in [6.45, 7) is 12.5. The van der Waals surface area contributed by atoms with E-state index in [-0.39, 0.29) is 47.9 Å². The number of imidazole rings is 1. The Labute approximate surface area is 420 Å². The number of likely N-dealkylation sites (tertiary alicyclic amines) is 1. The number of hydrogen-bond donors (Lipinski definition) is 2. The number of anilines is 1. The highest BCUT2D eigenvalue weighted by molar-refractivity contribution is 6.09. The predicted molar refractivity (Wildman–Crippen MR) is 271 cm³/mol. The van der Waals surface area contributed by atoms with Gasteiger partial charge in [0.05, 0.1) is 45.9 Å². The summed E-state index contributed by atoms with van der Waals surface area (Å²) in [5.41, 5.74) is 3.96. The van der Waals surface area contributed by atoms with Crippen LogP contribution < -0.4 is 26.0 Å². The normalized spacial score (nSPS) is 24.5. The Morgan fingerprint density at radius 3 is 2.31 bits per heavy atom. The molecule has 0 radical (unpaired) electrons. The molecule has 16 heteroatoms. The van der Waals surface area contributed by atoms with Crippen LogP contribution in [-0.2, 0) is 32.8 Å². The number of carbonyl (C=O) groups excluding carboxylic acids is 3. The van der Waals surface area contributed by atoms with Crippen molar-refractivity contribution in [3.8, 4) is 5.75 Å². The topological polar surface area (TPSA) is 130 Å². The van der Waals surface area contributed by atoms with Crippen LogP contribution in [0.4, 0.5) is 18.9 Å². The SMILES string of the molecule is COc1ccc([C@]2(CCN(Cc3ccc(C4=CC[C@H](CN5CCC6(CC5)CN5CCn7c(=O)n(C8CCC(=O)NC8=O)c8ccc(c5c87)C(=O)N6)CC4)cc3)CC(C)(C)C(F)(F)F)CCOC(C)(C)C2)cc1. The monoisotopic (exact) mass is 994 g/mol. The van der Waals surface area contributed by atoms with Crippen LogP contribution >= 0.6 is 0 Å². The lowest BCUT2D eigenvalue weighted by Gasteiger charge is -2.46. The molecule has 0 bridgehead atoms. The number of alkyl halides is 3. The smallest absolute Gasteiger partial charge is 0.395 e. The third kappa shape index (κ3) is 9.75. The first kappa shape index (κ1) is 50.1. The van der Waals surface area contributed by atoms with Crippen molar-refractivity contribution >= 4 is 40.0 Å². The quantitative estimate of drug-likeness (QED) is 0.127. The van der Waals surface area contributed by atoms with Crippen LogP contribution in [-0.4, -0.2) is 114 Å². The fraction of sp³-hybridized carbons (Fsp3) is 0.571. The first-order chi connectivity index (χ1) is 34.2. The molecule has 1 spiro atoms. The highest BCUT2D eigenvalue weighted by Crippen LogP contribution is 2.46. The van der Waals surface area contributed by atoms with Crippen molar-refractivity contribution in [2.24, 2.45) is 11.3 Å². The second-order valence-electron chi connectivity index (χ2n) is 23.0. The number of carbonyl (C=O) groups is 3. The highest BCUT2D eigenvalue weighted by Gasteiger charge is 2.49. The van der Waals surface area contributed by atoms with Crippen molar-refractivity contribution in [3.63, 3.8) is 0 Å². The summed E-state index contributed by atoms with van der Waals surface area (Å²) < 4.78 is 58.1. The number of rotatable bonds is 13. The molecule has 3 atom stereocenters. The van der Waals surface area contributed by atoms with Crippen LogP contribution in [0.3, 0.4) is 0 Å². The first-order valence-corrected chi connectivity index (χ1v) is 26.0. The molecule has 1 aromatic heterocycles. The molecule has 5 aliphatic heterocycles. The Bertz CT molecular complexity index is 2810. The number of piperidine rings is 2. The molecule has 3 aromatic carbocycles. The van der Waals surface area contributed by atoms with Crippen molar-refractivity contribution in [3.05, 3.63) is 99.5 Å². The second kappa shape index (κ2) is 19.1. The van der Waals surface area contributed by atoms with E-state index in [2.05, 4.69) is 76.8 Å². The second-order valence-corrected chi connectivity index (χ2v) is 23.0. The van der Waals surface area contributed by atoms with Crippen LogP contribution in [0.1, 0.15) is 125 Å². The molecule has 4 aromatic rings. The van der Waals surface area contributed by atoms with E-state index in [0.717, 1.165) is 87.1 Å². The standard InChI is InChI=1S/C56H70F3N7O6/c1-52(2,56(57,58)59)35-63(26-22-54(25-31-72-53(3,4)34-54)41-14-16-42(71-5)17-15-41)33-38-8-12-40(13-9-38)39-10-6-37(7-11-39)32-62-27-23-55(24-28-62)36-64-29-30-65-48-44(19-18-43(47(48)64)49(68)61-55)66(51(65)70)45-20-21-46(67)60-50(45)69/h8-10,12-19,37,45H,6-7,11,20-36H2,1-5H3,(H,61,68)(H,60,67,69)/t37-,45?,54+/m0/s1. The summed E-state index contributed by atoms with van der Waals surface area (Å²) in [7, 11) is 1.65. The molecule has 6 aliphatic rings.